The zero-order chi connectivity index (χ0) is 18.4. The number of likely N-dealkylation sites (N-methyl/N-ethyl adjacent to an activating group) is 1. The third-order valence-corrected chi connectivity index (χ3v) is 4.98. The van der Waals surface area contributed by atoms with E-state index in [1.165, 1.54) is 96.3 Å². The van der Waals surface area contributed by atoms with E-state index in [4.69, 9.17) is 5.73 Å². The number of aliphatic imine (C=N–C) groups is 1. The zero-order valence-corrected chi connectivity index (χ0v) is 17.5. The van der Waals surface area contributed by atoms with Gasteiger partial charge in [-0.05, 0) is 19.9 Å². The van der Waals surface area contributed by atoms with Gasteiger partial charge in [-0.25, -0.2) is 0 Å². The maximum absolute atomic E-state index is 5.48. The third kappa shape index (κ3) is 19.6. The first-order valence-electron chi connectivity index (χ1n) is 11.3. The van der Waals surface area contributed by atoms with Crippen LogP contribution in [0.25, 0.3) is 0 Å². The van der Waals surface area contributed by atoms with Crippen LogP contribution in [0.4, 0.5) is 0 Å². The highest BCUT2D eigenvalue weighted by Crippen LogP contribution is 2.13. The molecule has 150 valence electrons. The molecule has 0 fully saturated rings. The SMILES string of the molecule is CCCCCCCCCCCCCCCCCN.CCN1C=NCC1. The maximum atomic E-state index is 5.48. The van der Waals surface area contributed by atoms with Crippen LogP contribution in [0.3, 0.4) is 0 Å². The van der Waals surface area contributed by atoms with E-state index in [2.05, 4.69) is 23.7 Å². The van der Waals surface area contributed by atoms with Crippen LogP contribution in [0.2, 0.25) is 0 Å². The summed E-state index contributed by atoms with van der Waals surface area (Å²) < 4.78 is 0. The first-order valence-corrected chi connectivity index (χ1v) is 11.3. The minimum atomic E-state index is 0.873. The molecule has 0 radical (unpaired) electrons. The zero-order valence-electron chi connectivity index (χ0n) is 17.5. The molecule has 1 heterocycles. The highest BCUT2D eigenvalue weighted by molar-refractivity contribution is 5.56. The van der Waals surface area contributed by atoms with Crippen LogP contribution in [-0.4, -0.2) is 37.4 Å². The first kappa shape index (κ1) is 24.4. The second-order valence-electron chi connectivity index (χ2n) is 7.39. The Morgan fingerprint density at radius 1 is 0.720 bits per heavy atom. The van der Waals surface area contributed by atoms with E-state index >= 15 is 0 Å². The molecule has 0 bridgehead atoms. The quantitative estimate of drug-likeness (QED) is 0.337. The van der Waals surface area contributed by atoms with Crippen molar-refractivity contribution in [2.45, 2.75) is 110 Å². The van der Waals surface area contributed by atoms with Crippen molar-refractivity contribution in [1.29, 1.82) is 0 Å². The molecule has 1 aliphatic heterocycles. The lowest BCUT2D eigenvalue weighted by atomic mass is 10.0. The molecule has 0 aliphatic carbocycles. The van der Waals surface area contributed by atoms with E-state index in [0.717, 1.165) is 26.2 Å². The molecular weight excluding hydrogens is 306 g/mol. The maximum Gasteiger partial charge on any atom is 0.0851 e. The molecule has 1 aliphatic rings. The minimum absolute atomic E-state index is 0.873. The van der Waals surface area contributed by atoms with E-state index in [1.54, 1.807) is 0 Å². The fourth-order valence-electron chi connectivity index (χ4n) is 3.17. The smallest absolute Gasteiger partial charge is 0.0851 e. The fourth-order valence-corrected chi connectivity index (χ4v) is 3.17. The van der Waals surface area contributed by atoms with Gasteiger partial charge in [0.25, 0.3) is 0 Å². The average molecular weight is 354 g/mol. The molecule has 3 heteroatoms. The standard InChI is InChI=1S/C17H37N.C5H10N2/c1-2-3-4-5-6-7-8-9-10-11-12-13-14-15-16-17-18;1-2-7-4-3-6-5-7/h2-18H2,1H3;5H,2-4H2,1H3. The summed E-state index contributed by atoms with van der Waals surface area (Å²) in [5.41, 5.74) is 5.48. The van der Waals surface area contributed by atoms with Crippen LogP contribution in [0.5, 0.6) is 0 Å². The monoisotopic (exact) mass is 353 g/mol. The van der Waals surface area contributed by atoms with Crippen LogP contribution < -0.4 is 5.73 Å². The van der Waals surface area contributed by atoms with Gasteiger partial charge in [0.15, 0.2) is 0 Å². The Hall–Kier alpha value is -0.570. The molecule has 0 saturated heterocycles. The lowest BCUT2D eigenvalue weighted by Gasteiger charge is -2.07. The Balaban J connectivity index is 0.000000676. The molecule has 1 rings (SSSR count). The van der Waals surface area contributed by atoms with E-state index in [-0.39, 0.29) is 0 Å². The van der Waals surface area contributed by atoms with Crippen LogP contribution in [0.1, 0.15) is 110 Å². The summed E-state index contributed by atoms with van der Waals surface area (Å²) in [5.74, 6) is 0. The second kappa shape index (κ2) is 21.5. The second-order valence-corrected chi connectivity index (χ2v) is 7.39. The van der Waals surface area contributed by atoms with Gasteiger partial charge < -0.3 is 10.6 Å². The summed E-state index contributed by atoms with van der Waals surface area (Å²) in [5, 5.41) is 0. The van der Waals surface area contributed by atoms with Crippen molar-refractivity contribution < 1.29 is 0 Å². The Morgan fingerprint density at radius 2 is 1.16 bits per heavy atom. The van der Waals surface area contributed by atoms with E-state index < -0.39 is 0 Å². The van der Waals surface area contributed by atoms with Crippen molar-refractivity contribution in [3.05, 3.63) is 0 Å². The minimum Gasteiger partial charge on any atom is -0.361 e. The number of rotatable bonds is 16. The summed E-state index contributed by atoms with van der Waals surface area (Å²) in [4.78, 5) is 6.23. The number of nitrogens with zero attached hydrogens (tertiary/aromatic N) is 2. The number of hydrogen-bond donors (Lipinski definition) is 1. The molecule has 0 spiro atoms. The summed E-state index contributed by atoms with van der Waals surface area (Å²) in [6.45, 7) is 8.51. The van der Waals surface area contributed by atoms with Gasteiger partial charge in [-0.1, -0.05) is 96.8 Å². The molecule has 0 unspecified atom stereocenters. The fraction of sp³-hybridized carbons (Fsp3) is 0.955. The van der Waals surface area contributed by atoms with Crippen LogP contribution in [-0.2, 0) is 0 Å². The van der Waals surface area contributed by atoms with Gasteiger partial charge in [0, 0.05) is 13.1 Å². The summed E-state index contributed by atoms with van der Waals surface area (Å²) in [6.07, 6.45) is 23.3. The topological polar surface area (TPSA) is 41.6 Å². The molecule has 2 N–H and O–H groups in total. The van der Waals surface area contributed by atoms with Crippen LogP contribution in [0, 0.1) is 0 Å². The van der Waals surface area contributed by atoms with Crippen LogP contribution >= 0.6 is 0 Å². The van der Waals surface area contributed by atoms with Gasteiger partial charge in [-0.2, -0.15) is 0 Å². The van der Waals surface area contributed by atoms with Crippen LogP contribution in [0.15, 0.2) is 4.99 Å². The van der Waals surface area contributed by atoms with Crippen molar-refractivity contribution >= 4 is 6.34 Å². The highest BCUT2D eigenvalue weighted by atomic mass is 15.2. The number of nitrogens with two attached hydrogens (primary N) is 1. The van der Waals surface area contributed by atoms with E-state index in [1.807, 2.05) is 6.34 Å². The lowest BCUT2D eigenvalue weighted by molar-refractivity contribution is 0.494. The number of unbranched alkanes of at least 4 members (excludes halogenated alkanes) is 14. The average Bonchev–Trinajstić information content (AvgIpc) is 3.16. The van der Waals surface area contributed by atoms with Gasteiger partial charge in [0.05, 0.1) is 12.9 Å². The van der Waals surface area contributed by atoms with Gasteiger partial charge in [-0.3, -0.25) is 4.99 Å². The largest absolute Gasteiger partial charge is 0.361 e. The van der Waals surface area contributed by atoms with Gasteiger partial charge in [0.1, 0.15) is 0 Å². The predicted molar refractivity (Wildman–Crippen MR) is 115 cm³/mol. The molecular formula is C22H47N3. The Bertz CT molecular complexity index is 250. The van der Waals surface area contributed by atoms with Crippen molar-refractivity contribution in [3.63, 3.8) is 0 Å². The molecule has 0 aromatic heterocycles. The lowest BCUT2D eigenvalue weighted by Crippen LogP contribution is -2.18. The predicted octanol–water partition coefficient (Wildman–Crippen LogP) is 6.17. The molecule has 0 atom stereocenters. The summed E-state index contributed by atoms with van der Waals surface area (Å²) in [6, 6.07) is 0. The van der Waals surface area contributed by atoms with E-state index in [0.29, 0.717) is 0 Å². The van der Waals surface area contributed by atoms with Gasteiger partial charge in [0.2, 0.25) is 0 Å². The molecule has 0 aromatic rings. The summed E-state index contributed by atoms with van der Waals surface area (Å²) in [7, 11) is 0. The Labute approximate surface area is 158 Å². The molecule has 0 amide bonds. The third-order valence-electron chi connectivity index (χ3n) is 4.98. The Morgan fingerprint density at radius 3 is 1.44 bits per heavy atom. The van der Waals surface area contributed by atoms with Crippen molar-refractivity contribution in [2.75, 3.05) is 26.2 Å². The molecule has 3 nitrogen and oxygen atoms in total. The molecule has 0 aromatic carbocycles. The highest BCUT2D eigenvalue weighted by Gasteiger charge is 1.98. The van der Waals surface area contributed by atoms with E-state index in [9.17, 15) is 0 Å². The summed E-state index contributed by atoms with van der Waals surface area (Å²) >= 11 is 0. The van der Waals surface area contributed by atoms with Crippen molar-refractivity contribution in [1.82, 2.24) is 4.90 Å². The van der Waals surface area contributed by atoms with Crippen molar-refractivity contribution in [3.8, 4) is 0 Å². The van der Waals surface area contributed by atoms with Gasteiger partial charge in [-0.15, -0.1) is 0 Å². The molecule has 0 saturated carbocycles. The Kier molecular flexibility index (Phi) is 21.0. The van der Waals surface area contributed by atoms with Gasteiger partial charge >= 0.3 is 0 Å². The molecule has 25 heavy (non-hydrogen) atoms. The first-order chi connectivity index (χ1) is 12.3. The number of hydrogen-bond acceptors (Lipinski definition) is 3. The normalized spacial score (nSPS) is 13.2. The van der Waals surface area contributed by atoms with Crippen molar-refractivity contribution in [2.24, 2.45) is 10.7 Å².